The summed E-state index contributed by atoms with van der Waals surface area (Å²) >= 11 is 0. The minimum atomic E-state index is -0.167. The lowest BCUT2D eigenvalue weighted by Gasteiger charge is -2.10. The smallest absolute Gasteiger partial charge is 0.152 e. The number of Topliss-reactive ketones (excluding diaryl/α,β-unsaturated/α-hetero) is 1. The molecule has 0 aromatic carbocycles. The van der Waals surface area contributed by atoms with Gasteiger partial charge in [-0.1, -0.05) is 13.8 Å². The molecule has 2 nitrogen and oxygen atoms in total. The van der Waals surface area contributed by atoms with Crippen molar-refractivity contribution < 1.29 is 4.79 Å². The van der Waals surface area contributed by atoms with E-state index >= 15 is 0 Å². The molecular weight excluding hydrogens is 126 g/mol. The molecule has 0 radical (unpaired) electrons. The van der Waals surface area contributed by atoms with Crippen LogP contribution in [0.4, 0.5) is 0 Å². The number of nitrogens with two attached hydrogens (primary N) is 1. The van der Waals surface area contributed by atoms with Gasteiger partial charge in [0.25, 0.3) is 0 Å². The van der Waals surface area contributed by atoms with Crippen LogP contribution < -0.4 is 5.73 Å². The van der Waals surface area contributed by atoms with Gasteiger partial charge in [0, 0.05) is 5.92 Å². The van der Waals surface area contributed by atoms with Gasteiger partial charge in [-0.2, -0.15) is 0 Å². The van der Waals surface area contributed by atoms with E-state index < -0.39 is 0 Å². The van der Waals surface area contributed by atoms with E-state index in [0.29, 0.717) is 5.92 Å². The Balaban J connectivity index is 2.38. The quantitative estimate of drug-likeness (QED) is 0.636. The molecule has 10 heavy (non-hydrogen) atoms. The molecule has 0 bridgehead atoms. The average molecular weight is 141 g/mol. The Morgan fingerprint density at radius 1 is 1.50 bits per heavy atom. The van der Waals surface area contributed by atoms with Gasteiger partial charge in [0.2, 0.25) is 0 Å². The summed E-state index contributed by atoms with van der Waals surface area (Å²) in [6.45, 7) is 3.81. The number of ketones is 1. The van der Waals surface area contributed by atoms with Crippen molar-refractivity contribution in [2.45, 2.75) is 32.7 Å². The minimum Gasteiger partial charge on any atom is -0.321 e. The average Bonchev–Trinajstić information content (AvgIpc) is 2.65. The second-order valence-electron chi connectivity index (χ2n) is 3.42. The first-order valence-corrected chi connectivity index (χ1v) is 3.92. The van der Waals surface area contributed by atoms with Crippen molar-refractivity contribution in [1.82, 2.24) is 0 Å². The lowest BCUT2D eigenvalue weighted by molar-refractivity contribution is -0.123. The predicted molar refractivity (Wildman–Crippen MR) is 40.5 cm³/mol. The molecule has 0 heterocycles. The van der Waals surface area contributed by atoms with Gasteiger partial charge < -0.3 is 5.73 Å². The summed E-state index contributed by atoms with van der Waals surface area (Å²) in [5.74, 6) is 0.841. The number of hydrogen-bond acceptors (Lipinski definition) is 2. The number of hydrogen-bond donors (Lipinski definition) is 1. The third kappa shape index (κ3) is 1.57. The SMILES string of the molecule is CC(C)C(=O)[C@H](N)C1CC1. The van der Waals surface area contributed by atoms with Gasteiger partial charge in [-0.05, 0) is 18.8 Å². The lowest BCUT2D eigenvalue weighted by Crippen LogP contribution is -2.35. The van der Waals surface area contributed by atoms with Gasteiger partial charge >= 0.3 is 0 Å². The van der Waals surface area contributed by atoms with Crippen LogP contribution >= 0.6 is 0 Å². The fraction of sp³-hybridized carbons (Fsp3) is 0.875. The van der Waals surface area contributed by atoms with Gasteiger partial charge in [-0.25, -0.2) is 0 Å². The van der Waals surface area contributed by atoms with Crippen LogP contribution in [0.5, 0.6) is 0 Å². The Morgan fingerprint density at radius 2 is 2.00 bits per heavy atom. The molecule has 1 fully saturated rings. The largest absolute Gasteiger partial charge is 0.321 e. The molecule has 2 heteroatoms. The zero-order valence-corrected chi connectivity index (χ0v) is 6.63. The van der Waals surface area contributed by atoms with Crippen LogP contribution in [0.15, 0.2) is 0 Å². The maximum Gasteiger partial charge on any atom is 0.152 e. The molecule has 2 N–H and O–H groups in total. The van der Waals surface area contributed by atoms with Crippen molar-refractivity contribution in [1.29, 1.82) is 0 Å². The fourth-order valence-corrected chi connectivity index (χ4v) is 1.07. The molecule has 1 aliphatic rings. The summed E-state index contributed by atoms with van der Waals surface area (Å²) in [6, 6.07) is -0.167. The summed E-state index contributed by atoms with van der Waals surface area (Å²) in [6.07, 6.45) is 2.30. The standard InChI is InChI=1S/C8H15NO/c1-5(2)8(10)7(9)6-3-4-6/h5-7H,3-4,9H2,1-2H3/t7-/m1/s1. The van der Waals surface area contributed by atoms with Crippen LogP contribution in [-0.2, 0) is 4.79 Å². The van der Waals surface area contributed by atoms with Gasteiger partial charge in [-0.15, -0.1) is 0 Å². The first kappa shape index (κ1) is 7.73. The summed E-state index contributed by atoms with van der Waals surface area (Å²) in [5, 5.41) is 0. The summed E-state index contributed by atoms with van der Waals surface area (Å²) in [5.41, 5.74) is 5.67. The third-order valence-electron chi connectivity index (χ3n) is 2.03. The molecule has 1 aliphatic carbocycles. The van der Waals surface area contributed by atoms with Crippen LogP contribution in [0.1, 0.15) is 26.7 Å². The Kier molecular flexibility index (Phi) is 2.09. The molecule has 0 saturated heterocycles. The van der Waals surface area contributed by atoms with Crippen molar-refractivity contribution in [2.24, 2.45) is 17.6 Å². The Morgan fingerprint density at radius 3 is 2.30 bits per heavy atom. The topological polar surface area (TPSA) is 43.1 Å². The zero-order chi connectivity index (χ0) is 7.72. The predicted octanol–water partition coefficient (Wildman–Crippen LogP) is 0.949. The molecule has 0 aromatic rings. The molecule has 58 valence electrons. The zero-order valence-electron chi connectivity index (χ0n) is 6.63. The number of carbonyl (C=O) groups excluding carboxylic acids is 1. The summed E-state index contributed by atoms with van der Waals surface area (Å²) in [4.78, 5) is 11.2. The first-order chi connectivity index (χ1) is 4.63. The molecule has 0 aliphatic heterocycles. The van der Waals surface area contributed by atoms with E-state index in [4.69, 9.17) is 5.73 Å². The van der Waals surface area contributed by atoms with Crippen LogP contribution in [0.3, 0.4) is 0 Å². The van der Waals surface area contributed by atoms with E-state index in [-0.39, 0.29) is 17.7 Å². The molecule has 1 rings (SSSR count). The maximum atomic E-state index is 11.2. The van der Waals surface area contributed by atoms with Gasteiger partial charge in [0.05, 0.1) is 6.04 Å². The van der Waals surface area contributed by atoms with Crippen LogP contribution in [0.25, 0.3) is 0 Å². The molecule has 0 aromatic heterocycles. The van der Waals surface area contributed by atoms with Gasteiger partial charge in [0.15, 0.2) is 5.78 Å². The van der Waals surface area contributed by atoms with E-state index in [2.05, 4.69) is 0 Å². The van der Waals surface area contributed by atoms with Crippen molar-refractivity contribution in [3.63, 3.8) is 0 Å². The second kappa shape index (κ2) is 2.70. The molecule has 0 unspecified atom stereocenters. The van der Waals surface area contributed by atoms with E-state index in [1.807, 2.05) is 13.8 Å². The van der Waals surface area contributed by atoms with Crippen LogP contribution in [0, 0.1) is 11.8 Å². The summed E-state index contributed by atoms with van der Waals surface area (Å²) in [7, 11) is 0. The molecule has 1 atom stereocenters. The highest BCUT2D eigenvalue weighted by Crippen LogP contribution is 2.32. The Bertz CT molecular complexity index is 138. The Labute approximate surface area is 61.8 Å². The van der Waals surface area contributed by atoms with Crippen molar-refractivity contribution in [3.05, 3.63) is 0 Å². The summed E-state index contributed by atoms with van der Waals surface area (Å²) < 4.78 is 0. The van der Waals surface area contributed by atoms with Crippen molar-refractivity contribution in [2.75, 3.05) is 0 Å². The minimum absolute atomic E-state index is 0.107. The Hall–Kier alpha value is -0.370. The van der Waals surface area contributed by atoms with Crippen molar-refractivity contribution in [3.8, 4) is 0 Å². The van der Waals surface area contributed by atoms with E-state index in [1.165, 1.54) is 0 Å². The molecular formula is C8H15NO. The fourth-order valence-electron chi connectivity index (χ4n) is 1.07. The normalized spacial score (nSPS) is 21.2. The molecule has 0 spiro atoms. The highest BCUT2D eigenvalue weighted by molar-refractivity contribution is 5.86. The highest BCUT2D eigenvalue weighted by atomic mass is 16.1. The van der Waals surface area contributed by atoms with Gasteiger partial charge in [0.1, 0.15) is 0 Å². The van der Waals surface area contributed by atoms with Gasteiger partial charge in [-0.3, -0.25) is 4.79 Å². The first-order valence-electron chi connectivity index (χ1n) is 3.92. The second-order valence-corrected chi connectivity index (χ2v) is 3.42. The number of rotatable bonds is 3. The van der Waals surface area contributed by atoms with Crippen LogP contribution in [0.2, 0.25) is 0 Å². The van der Waals surface area contributed by atoms with E-state index in [9.17, 15) is 4.79 Å². The van der Waals surface area contributed by atoms with E-state index in [0.717, 1.165) is 12.8 Å². The maximum absolute atomic E-state index is 11.2. The monoisotopic (exact) mass is 141 g/mol. The van der Waals surface area contributed by atoms with Crippen LogP contribution in [-0.4, -0.2) is 11.8 Å². The molecule has 0 amide bonds. The number of carbonyl (C=O) groups is 1. The van der Waals surface area contributed by atoms with Crippen molar-refractivity contribution >= 4 is 5.78 Å². The molecule has 1 saturated carbocycles. The lowest BCUT2D eigenvalue weighted by atomic mass is 9.99. The highest BCUT2D eigenvalue weighted by Gasteiger charge is 2.33. The van der Waals surface area contributed by atoms with E-state index in [1.54, 1.807) is 0 Å². The third-order valence-corrected chi connectivity index (χ3v) is 2.03.